The summed E-state index contributed by atoms with van der Waals surface area (Å²) in [7, 11) is 0. The molecule has 2 aromatic rings. The van der Waals surface area contributed by atoms with Crippen LogP contribution in [0.15, 0.2) is 30.3 Å². The lowest BCUT2D eigenvalue weighted by atomic mass is 9.93. The second-order valence-corrected chi connectivity index (χ2v) is 6.65. The van der Waals surface area contributed by atoms with Gasteiger partial charge in [0.25, 0.3) is 0 Å². The first kappa shape index (κ1) is 14.5. The summed E-state index contributed by atoms with van der Waals surface area (Å²) >= 11 is 7.42. The van der Waals surface area contributed by atoms with Gasteiger partial charge in [0, 0.05) is 24.0 Å². The third kappa shape index (κ3) is 3.81. The highest BCUT2D eigenvalue weighted by Gasteiger charge is 2.16. The van der Waals surface area contributed by atoms with Gasteiger partial charge in [-0.2, -0.15) is 0 Å². The average molecular weight is 321 g/mol. The number of hydrogen-bond donors (Lipinski definition) is 2. The molecule has 110 valence electrons. The number of nitrogens with one attached hydrogen (secondary N) is 1. The number of halogens is 1. The SMILES string of the molecule is Nc1nnc(CCC2CC(c3ccc(Cl)cc3)=CCN2)s1. The van der Waals surface area contributed by atoms with Gasteiger partial charge < -0.3 is 11.1 Å². The quantitative estimate of drug-likeness (QED) is 0.908. The van der Waals surface area contributed by atoms with Crippen LogP contribution in [0.4, 0.5) is 5.13 Å². The summed E-state index contributed by atoms with van der Waals surface area (Å²) in [5.41, 5.74) is 8.24. The summed E-state index contributed by atoms with van der Waals surface area (Å²) in [5.74, 6) is 0. The summed E-state index contributed by atoms with van der Waals surface area (Å²) < 4.78 is 0. The summed E-state index contributed by atoms with van der Waals surface area (Å²) in [6.45, 7) is 0.904. The van der Waals surface area contributed by atoms with Crippen molar-refractivity contribution in [2.24, 2.45) is 0 Å². The minimum absolute atomic E-state index is 0.464. The van der Waals surface area contributed by atoms with E-state index in [2.05, 4.69) is 33.7 Å². The summed E-state index contributed by atoms with van der Waals surface area (Å²) in [6.07, 6.45) is 5.23. The number of rotatable bonds is 4. The van der Waals surface area contributed by atoms with Crippen LogP contribution in [0.2, 0.25) is 5.02 Å². The van der Waals surface area contributed by atoms with E-state index in [1.54, 1.807) is 0 Å². The van der Waals surface area contributed by atoms with Crippen LogP contribution in [0.3, 0.4) is 0 Å². The molecule has 4 nitrogen and oxygen atoms in total. The van der Waals surface area contributed by atoms with E-state index in [4.69, 9.17) is 17.3 Å². The van der Waals surface area contributed by atoms with Gasteiger partial charge in [-0.1, -0.05) is 41.1 Å². The number of aryl methyl sites for hydroxylation is 1. The van der Waals surface area contributed by atoms with Crippen LogP contribution in [0.5, 0.6) is 0 Å². The first-order valence-electron chi connectivity index (χ1n) is 6.97. The lowest BCUT2D eigenvalue weighted by Crippen LogP contribution is -2.33. The van der Waals surface area contributed by atoms with Crippen LogP contribution in [0.1, 0.15) is 23.4 Å². The van der Waals surface area contributed by atoms with E-state index in [1.807, 2.05) is 12.1 Å². The molecule has 1 aliphatic heterocycles. The average Bonchev–Trinajstić information content (AvgIpc) is 2.92. The maximum absolute atomic E-state index is 5.95. The Morgan fingerprint density at radius 2 is 2.10 bits per heavy atom. The highest BCUT2D eigenvalue weighted by Crippen LogP contribution is 2.26. The molecule has 0 radical (unpaired) electrons. The van der Waals surface area contributed by atoms with E-state index in [9.17, 15) is 0 Å². The predicted molar refractivity (Wildman–Crippen MR) is 88.5 cm³/mol. The molecule has 0 saturated carbocycles. The van der Waals surface area contributed by atoms with Crippen LogP contribution < -0.4 is 11.1 Å². The van der Waals surface area contributed by atoms with Gasteiger partial charge in [-0.15, -0.1) is 10.2 Å². The molecule has 1 unspecified atom stereocenters. The van der Waals surface area contributed by atoms with Gasteiger partial charge >= 0.3 is 0 Å². The lowest BCUT2D eigenvalue weighted by Gasteiger charge is -2.24. The molecule has 6 heteroatoms. The lowest BCUT2D eigenvalue weighted by molar-refractivity contribution is 0.500. The number of aromatic nitrogens is 2. The molecule has 1 aromatic carbocycles. The number of nitrogen functional groups attached to an aromatic ring is 1. The largest absolute Gasteiger partial charge is 0.374 e. The second-order valence-electron chi connectivity index (χ2n) is 5.12. The third-order valence-corrected chi connectivity index (χ3v) is 4.69. The van der Waals surface area contributed by atoms with Crippen molar-refractivity contribution in [3.05, 3.63) is 45.9 Å². The molecule has 0 bridgehead atoms. The highest BCUT2D eigenvalue weighted by molar-refractivity contribution is 7.15. The number of nitrogens with two attached hydrogens (primary N) is 1. The van der Waals surface area contributed by atoms with Crippen molar-refractivity contribution in [3.63, 3.8) is 0 Å². The van der Waals surface area contributed by atoms with Gasteiger partial charge in [-0.3, -0.25) is 0 Å². The van der Waals surface area contributed by atoms with E-state index in [1.165, 1.54) is 22.5 Å². The molecular formula is C15H17ClN4S. The van der Waals surface area contributed by atoms with E-state index in [0.717, 1.165) is 35.8 Å². The van der Waals surface area contributed by atoms with Crippen LogP contribution in [-0.2, 0) is 6.42 Å². The Morgan fingerprint density at radius 1 is 1.29 bits per heavy atom. The van der Waals surface area contributed by atoms with Gasteiger partial charge in [0.15, 0.2) is 0 Å². The smallest absolute Gasteiger partial charge is 0.203 e. The normalized spacial score (nSPS) is 18.5. The molecule has 1 atom stereocenters. The first-order chi connectivity index (χ1) is 10.2. The number of hydrogen-bond acceptors (Lipinski definition) is 5. The van der Waals surface area contributed by atoms with Crippen molar-refractivity contribution >= 4 is 33.6 Å². The maximum Gasteiger partial charge on any atom is 0.203 e. The van der Waals surface area contributed by atoms with Crippen LogP contribution in [0, 0.1) is 0 Å². The molecule has 3 rings (SSSR count). The zero-order chi connectivity index (χ0) is 14.7. The molecule has 0 spiro atoms. The van der Waals surface area contributed by atoms with E-state index in [-0.39, 0.29) is 0 Å². The van der Waals surface area contributed by atoms with Gasteiger partial charge in [-0.05, 0) is 36.1 Å². The third-order valence-electron chi connectivity index (χ3n) is 3.63. The molecule has 1 aliphatic rings. The number of anilines is 1. The van der Waals surface area contributed by atoms with Gasteiger partial charge in [0.2, 0.25) is 5.13 Å². The molecular weight excluding hydrogens is 304 g/mol. The predicted octanol–water partition coefficient (Wildman–Crippen LogP) is 3.15. The molecule has 0 fully saturated rings. The molecule has 0 aliphatic carbocycles. The van der Waals surface area contributed by atoms with E-state index >= 15 is 0 Å². The first-order valence-corrected chi connectivity index (χ1v) is 8.16. The molecule has 1 aromatic heterocycles. The van der Waals surface area contributed by atoms with Crippen LogP contribution in [-0.4, -0.2) is 22.8 Å². The summed E-state index contributed by atoms with van der Waals surface area (Å²) in [5, 5.41) is 13.8. The van der Waals surface area contributed by atoms with E-state index in [0.29, 0.717) is 11.2 Å². The van der Waals surface area contributed by atoms with Crippen molar-refractivity contribution in [1.29, 1.82) is 0 Å². The molecule has 3 N–H and O–H groups in total. The minimum atomic E-state index is 0.464. The van der Waals surface area contributed by atoms with Gasteiger partial charge in [-0.25, -0.2) is 0 Å². The Kier molecular flexibility index (Phi) is 4.53. The molecule has 0 amide bonds. The zero-order valence-corrected chi connectivity index (χ0v) is 13.1. The van der Waals surface area contributed by atoms with Gasteiger partial charge in [0.1, 0.15) is 5.01 Å². The zero-order valence-electron chi connectivity index (χ0n) is 11.6. The Hall–Kier alpha value is -1.43. The second kappa shape index (κ2) is 6.56. The van der Waals surface area contributed by atoms with Crippen LogP contribution >= 0.6 is 22.9 Å². The highest BCUT2D eigenvalue weighted by atomic mass is 35.5. The Bertz CT molecular complexity index is 635. The topological polar surface area (TPSA) is 63.8 Å². The van der Waals surface area contributed by atoms with E-state index < -0.39 is 0 Å². The molecule has 21 heavy (non-hydrogen) atoms. The van der Waals surface area contributed by atoms with Crippen molar-refractivity contribution in [2.45, 2.75) is 25.3 Å². The fourth-order valence-corrected chi connectivity index (χ4v) is 3.29. The number of benzene rings is 1. The van der Waals surface area contributed by atoms with Gasteiger partial charge in [0.05, 0.1) is 0 Å². The Balaban J connectivity index is 1.60. The van der Waals surface area contributed by atoms with Crippen molar-refractivity contribution < 1.29 is 0 Å². The molecule has 2 heterocycles. The van der Waals surface area contributed by atoms with Crippen molar-refractivity contribution in [1.82, 2.24) is 15.5 Å². The summed E-state index contributed by atoms with van der Waals surface area (Å²) in [4.78, 5) is 0. The number of nitrogens with zero attached hydrogens (tertiary/aromatic N) is 2. The minimum Gasteiger partial charge on any atom is -0.374 e. The fraction of sp³-hybridized carbons (Fsp3) is 0.333. The monoisotopic (exact) mass is 320 g/mol. The fourth-order valence-electron chi connectivity index (χ4n) is 2.54. The molecule has 0 saturated heterocycles. The van der Waals surface area contributed by atoms with Crippen molar-refractivity contribution in [2.75, 3.05) is 12.3 Å². The Labute approximate surface area is 133 Å². The van der Waals surface area contributed by atoms with Crippen molar-refractivity contribution in [3.8, 4) is 0 Å². The Morgan fingerprint density at radius 3 is 2.81 bits per heavy atom. The standard InChI is InChI=1S/C15H17ClN4S/c16-12-3-1-10(2-4-12)11-7-8-18-13(9-11)5-6-14-19-20-15(17)21-14/h1-4,7,13,18H,5-6,8-9H2,(H2,17,20). The maximum atomic E-state index is 5.95. The van der Waals surface area contributed by atoms with Crippen LogP contribution in [0.25, 0.3) is 5.57 Å². The summed E-state index contributed by atoms with van der Waals surface area (Å²) in [6, 6.07) is 8.52.